The Morgan fingerprint density at radius 2 is 1.74 bits per heavy atom. The van der Waals surface area contributed by atoms with E-state index >= 15 is 0 Å². The molecule has 2 aromatic carbocycles. The predicted molar refractivity (Wildman–Crippen MR) is 135 cm³/mol. The molecule has 0 spiro atoms. The van der Waals surface area contributed by atoms with E-state index in [1.54, 1.807) is 17.6 Å². The van der Waals surface area contributed by atoms with Crippen molar-refractivity contribution >= 4 is 44.6 Å². The number of halogens is 1. The second kappa shape index (κ2) is 8.90. The minimum absolute atomic E-state index is 0.0685. The van der Waals surface area contributed by atoms with Crippen molar-refractivity contribution in [3.8, 4) is 5.69 Å². The van der Waals surface area contributed by atoms with Crippen molar-refractivity contribution in [3.05, 3.63) is 82.6 Å². The Morgan fingerprint density at radius 3 is 2.32 bits per heavy atom. The number of aromatic nitrogens is 4. The molecule has 11 heteroatoms. The van der Waals surface area contributed by atoms with Crippen molar-refractivity contribution in [1.82, 2.24) is 18.9 Å². The predicted octanol–water partition coefficient (Wildman–Crippen LogP) is 4.36. The molecule has 0 saturated carbocycles. The van der Waals surface area contributed by atoms with Crippen LogP contribution in [0.3, 0.4) is 0 Å². The number of rotatable bonds is 6. The minimum atomic E-state index is -0.535. The van der Waals surface area contributed by atoms with Crippen LogP contribution >= 0.6 is 15.9 Å². The molecule has 2 heterocycles. The summed E-state index contributed by atoms with van der Waals surface area (Å²) in [6, 6.07) is 8.42. The molecule has 2 aromatic heterocycles. The molecular formula is C23H23BrN6O4. The summed E-state index contributed by atoms with van der Waals surface area (Å²) in [7, 11) is 0. The number of aromatic amines is 1. The molecule has 0 amide bonds. The van der Waals surface area contributed by atoms with Crippen molar-refractivity contribution in [3.63, 3.8) is 0 Å². The number of hydrogen-bond donors (Lipinski definition) is 1. The number of aryl methyl sites for hydroxylation is 4. The number of H-pyrrole nitrogens is 1. The van der Waals surface area contributed by atoms with E-state index < -0.39 is 4.92 Å². The molecule has 0 saturated heterocycles. The number of imidazole rings is 1. The van der Waals surface area contributed by atoms with Gasteiger partial charge in [0, 0.05) is 35.5 Å². The van der Waals surface area contributed by atoms with Gasteiger partial charge < -0.3 is 0 Å². The Kier molecular flexibility index (Phi) is 6.13. The fourth-order valence-electron chi connectivity index (χ4n) is 4.00. The Labute approximate surface area is 202 Å². The summed E-state index contributed by atoms with van der Waals surface area (Å²) in [5, 5.41) is 14.8. The van der Waals surface area contributed by atoms with Crippen molar-refractivity contribution in [2.24, 2.45) is 4.99 Å². The van der Waals surface area contributed by atoms with Crippen molar-refractivity contribution in [1.29, 1.82) is 0 Å². The SMILES string of the molecule is CCn1c(=O)n(CC)c2cc([N+](=O)[O-])c(N=Cc3c(C)[nH]n(-c4ccc(Br)c(C)c4)c3=O)cc21. The summed E-state index contributed by atoms with van der Waals surface area (Å²) in [5.74, 6) is 0. The first-order valence-corrected chi connectivity index (χ1v) is 11.5. The third kappa shape index (κ3) is 3.81. The van der Waals surface area contributed by atoms with Gasteiger partial charge in [0.25, 0.3) is 11.2 Å². The normalized spacial score (nSPS) is 11.7. The smallest absolute Gasteiger partial charge is 0.295 e. The zero-order valence-electron chi connectivity index (χ0n) is 19.1. The van der Waals surface area contributed by atoms with Gasteiger partial charge in [-0.2, -0.15) is 0 Å². The van der Waals surface area contributed by atoms with E-state index in [-0.39, 0.29) is 28.2 Å². The van der Waals surface area contributed by atoms with Crippen molar-refractivity contribution in [2.45, 2.75) is 40.8 Å². The molecule has 4 rings (SSSR count). The van der Waals surface area contributed by atoms with E-state index in [4.69, 9.17) is 0 Å². The van der Waals surface area contributed by atoms with Crippen LogP contribution in [0.5, 0.6) is 0 Å². The Balaban J connectivity index is 1.85. The van der Waals surface area contributed by atoms with Crippen LogP contribution in [-0.2, 0) is 13.1 Å². The average Bonchev–Trinajstić information content (AvgIpc) is 3.24. The number of nitrogens with one attached hydrogen (secondary N) is 1. The standard InChI is InChI=1S/C23H23BrN6O4/c1-5-27-20-10-18(19(30(33)34)11-21(20)28(6-2)23(27)32)25-12-16-14(4)26-29(22(16)31)15-7-8-17(24)13(3)9-15/h7-12,26H,5-6H2,1-4H3. The third-order valence-electron chi connectivity index (χ3n) is 5.79. The van der Waals surface area contributed by atoms with Gasteiger partial charge in [0.15, 0.2) is 0 Å². The lowest BCUT2D eigenvalue weighted by molar-refractivity contribution is -0.383. The van der Waals surface area contributed by atoms with E-state index in [0.717, 1.165) is 10.0 Å². The second-order valence-corrected chi connectivity index (χ2v) is 8.69. The van der Waals surface area contributed by atoms with Crippen molar-refractivity contribution < 1.29 is 4.92 Å². The fraction of sp³-hybridized carbons (Fsp3) is 0.261. The number of fused-ring (bicyclic) bond motifs is 1. The molecule has 0 aliphatic carbocycles. The highest BCUT2D eigenvalue weighted by atomic mass is 79.9. The molecule has 10 nitrogen and oxygen atoms in total. The maximum atomic E-state index is 13.1. The van der Waals surface area contributed by atoms with Gasteiger partial charge in [-0.1, -0.05) is 15.9 Å². The van der Waals surface area contributed by atoms with Crippen molar-refractivity contribution in [2.75, 3.05) is 0 Å². The Bertz CT molecular complexity index is 1590. The molecule has 34 heavy (non-hydrogen) atoms. The lowest BCUT2D eigenvalue weighted by Gasteiger charge is -2.04. The van der Waals surface area contributed by atoms with Crippen LogP contribution in [0.15, 0.2) is 49.4 Å². The van der Waals surface area contributed by atoms with Gasteiger partial charge in [-0.25, -0.2) is 14.5 Å². The molecule has 0 fully saturated rings. The number of aliphatic imine (C=N–C) groups is 1. The quantitative estimate of drug-likeness (QED) is 0.228. The highest BCUT2D eigenvalue weighted by Gasteiger charge is 2.21. The third-order valence-corrected chi connectivity index (χ3v) is 6.68. The number of nitrogens with zero attached hydrogens (tertiary/aromatic N) is 5. The van der Waals surface area contributed by atoms with E-state index in [1.165, 1.54) is 27.6 Å². The summed E-state index contributed by atoms with van der Waals surface area (Å²) in [6.45, 7) is 8.11. The van der Waals surface area contributed by atoms with Gasteiger partial charge in [0.1, 0.15) is 5.69 Å². The van der Waals surface area contributed by atoms with E-state index in [1.807, 2.05) is 32.9 Å². The topological polar surface area (TPSA) is 120 Å². The zero-order valence-corrected chi connectivity index (χ0v) is 20.7. The molecule has 0 unspecified atom stereocenters. The van der Waals surface area contributed by atoms with Crippen LogP contribution in [0.2, 0.25) is 0 Å². The van der Waals surface area contributed by atoms with Crippen LogP contribution in [0, 0.1) is 24.0 Å². The maximum absolute atomic E-state index is 13.1. The summed E-state index contributed by atoms with van der Waals surface area (Å²) in [4.78, 5) is 41.3. The molecule has 0 atom stereocenters. The van der Waals surface area contributed by atoms with Crippen LogP contribution in [0.1, 0.15) is 30.7 Å². The lowest BCUT2D eigenvalue weighted by atomic mass is 10.2. The first kappa shape index (κ1) is 23.4. The number of nitro groups is 1. The lowest BCUT2D eigenvalue weighted by Crippen LogP contribution is -2.23. The van der Waals surface area contributed by atoms with Gasteiger partial charge in [0.05, 0.1) is 27.2 Å². The molecule has 1 N–H and O–H groups in total. The van der Waals surface area contributed by atoms with Gasteiger partial charge in [-0.3, -0.25) is 29.1 Å². The number of hydrogen-bond acceptors (Lipinski definition) is 5. The molecule has 176 valence electrons. The number of benzene rings is 2. The minimum Gasteiger partial charge on any atom is -0.295 e. The van der Waals surface area contributed by atoms with Crippen LogP contribution in [0.4, 0.5) is 11.4 Å². The summed E-state index contributed by atoms with van der Waals surface area (Å²) in [5.41, 5.74) is 2.79. The largest absolute Gasteiger partial charge is 0.329 e. The van der Waals surface area contributed by atoms with E-state index in [0.29, 0.717) is 35.5 Å². The number of nitro benzene ring substituents is 1. The molecule has 0 aliphatic heterocycles. The molecular weight excluding hydrogens is 504 g/mol. The Morgan fingerprint density at radius 1 is 1.09 bits per heavy atom. The molecule has 4 aromatic rings. The van der Waals surface area contributed by atoms with Gasteiger partial charge in [-0.15, -0.1) is 0 Å². The van der Waals surface area contributed by atoms with Crippen LogP contribution in [0.25, 0.3) is 16.7 Å². The van der Waals surface area contributed by atoms with Gasteiger partial charge >= 0.3 is 5.69 Å². The van der Waals surface area contributed by atoms with Crippen LogP contribution < -0.4 is 11.2 Å². The maximum Gasteiger partial charge on any atom is 0.329 e. The average molecular weight is 527 g/mol. The first-order chi connectivity index (χ1) is 16.2. The monoisotopic (exact) mass is 526 g/mol. The van der Waals surface area contributed by atoms with E-state index in [9.17, 15) is 19.7 Å². The molecule has 0 aliphatic rings. The Hall–Kier alpha value is -3.73. The highest BCUT2D eigenvalue weighted by Crippen LogP contribution is 2.32. The molecule has 0 radical (unpaired) electrons. The second-order valence-electron chi connectivity index (χ2n) is 7.84. The highest BCUT2D eigenvalue weighted by molar-refractivity contribution is 9.10. The fourth-order valence-corrected chi connectivity index (χ4v) is 4.24. The summed E-state index contributed by atoms with van der Waals surface area (Å²) < 4.78 is 5.38. The van der Waals surface area contributed by atoms with E-state index in [2.05, 4.69) is 26.0 Å². The molecule has 0 bridgehead atoms. The summed E-state index contributed by atoms with van der Waals surface area (Å²) in [6.07, 6.45) is 1.33. The zero-order chi connectivity index (χ0) is 24.7. The summed E-state index contributed by atoms with van der Waals surface area (Å²) >= 11 is 3.45. The van der Waals surface area contributed by atoms with Crippen LogP contribution in [-0.4, -0.2) is 30.1 Å². The van der Waals surface area contributed by atoms with Gasteiger partial charge in [-0.05, 0) is 57.5 Å². The first-order valence-electron chi connectivity index (χ1n) is 10.7. The van der Waals surface area contributed by atoms with Gasteiger partial charge in [0.2, 0.25) is 0 Å².